The van der Waals surface area contributed by atoms with E-state index in [2.05, 4.69) is 17.4 Å². The number of rotatable bonds is 3. The molecule has 2 heterocycles. The summed E-state index contributed by atoms with van der Waals surface area (Å²) in [7, 11) is 0. The van der Waals surface area contributed by atoms with Gasteiger partial charge < -0.3 is 4.74 Å². The largest absolute Gasteiger partial charge is 0.377 e. The van der Waals surface area contributed by atoms with Crippen molar-refractivity contribution in [1.82, 2.24) is 10.4 Å². The van der Waals surface area contributed by atoms with Crippen LogP contribution in [0.2, 0.25) is 0 Å². The SMILES string of the molecule is C.CCCCN1NC(=O)CC12COC2.[HH]. The number of carbonyl (C=O) groups is 1. The van der Waals surface area contributed by atoms with Gasteiger partial charge >= 0.3 is 0 Å². The molecule has 0 unspecified atom stereocenters. The van der Waals surface area contributed by atoms with Crippen molar-refractivity contribution in [2.75, 3.05) is 19.8 Å². The molecule has 1 N–H and O–H groups in total. The zero-order valence-corrected chi connectivity index (χ0v) is 8.01. The van der Waals surface area contributed by atoms with Crippen molar-refractivity contribution in [3.05, 3.63) is 0 Å². The highest BCUT2D eigenvalue weighted by Crippen LogP contribution is 2.31. The monoisotopic (exact) mass is 202 g/mol. The van der Waals surface area contributed by atoms with Gasteiger partial charge in [0.1, 0.15) is 0 Å². The molecule has 1 amide bonds. The van der Waals surface area contributed by atoms with E-state index in [0.717, 1.165) is 19.4 Å². The molecule has 0 aromatic heterocycles. The first-order valence-electron chi connectivity index (χ1n) is 4.92. The van der Waals surface area contributed by atoms with E-state index in [9.17, 15) is 4.79 Å². The van der Waals surface area contributed by atoms with Gasteiger partial charge in [0.2, 0.25) is 5.91 Å². The van der Waals surface area contributed by atoms with Crippen molar-refractivity contribution >= 4 is 5.91 Å². The van der Waals surface area contributed by atoms with E-state index in [0.29, 0.717) is 19.6 Å². The van der Waals surface area contributed by atoms with Crippen LogP contribution in [-0.2, 0) is 9.53 Å². The number of hydrogen-bond donors (Lipinski definition) is 1. The maximum absolute atomic E-state index is 11.2. The summed E-state index contributed by atoms with van der Waals surface area (Å²) in [5.41, 5.74) is 2.90. The summed E-state index contributed by atoms with van der Waals surface area (Å²) < 4.78 is 5.18. The summed E-state index contributed by atoms with van der Waals surface area (Å²) >= 11 is 0. The topological polar surface area (TPSA) is 41.6 Å². The summed E-state index contributed by atoms with van der Waals surface area (Å²) in [5.74, 6) is 0.138. The third-order valence-corrected chi connectivity index (χ3v) is 2.80. The number of hydrogen-bond acceptors (Lipinski definition) is 3. The van der Waals surface area contributed by atoms with Gasteiger partial charge in [0.25, 0.3) is 0 Å². The van der Waals surface area contributed by atoms with Crippen molar-refractivity contribution in [3.8, 4) is 0 Å². The van der Waals surface area contributed by atoms with E-state index < -0.39 is 0 Å². The van der Waals surface area contributed by atoms with Crippen LogP contribution in [0.5, 0.6) is 0 Å². The Kier molecular flexibility index (Phi) is 3.50. The Morgan fingerprint density at radius 3 is 2.86 bits per heavy atom. The Bertz CT molecular complexity index is 219. The lowest BCUT2D eigenvalue weighted by Gasteiger charge is -2.43. The van der Waals surface area contributed by atoms with Crippen LogP contribution in [0.3, 0.4) is 0 Å². The zero-order chi connectivity index (χ0) is 9.31. The maximum Gasteiger partial charge on any atom is 0.236 e. The number of unbranched alkanes of at least 4 members (excludes halogenated alkanes) is 1. The first kappa shape index (κ1) is 11.5. The molecular weight excluding hydrogens is 180 g/mol. The van der Waals surface area contributed by atoms with Crippen molar-refractivity contribution in [1.29, 1.82) is 0 Å². The summed E-state index contributed by atoms with van der Waals surface area (Å²) in [6.07, 6.45) is 2.89. The molecule has 0 atom stereocenters. The third-order valence-electron chi connectivity index (χ3n) is 2.80. The van der Waals surface area contributed by atoms with E-state index in [1.54, 1.807) is 0 Å². The van der Waals surface area contributed by atoms with E-state index in [1.165, 1.54) is 0 Å². The maximum atomic E-state index is 11.2. The van der Waals surface area contributed by atoms with Crippen molar-refractivity contribution in [3.63, 3.8) is 0 Å². The second-order valence-corrected chi connectivity index (χ2v) is 3.93. The first-order chi connectivity index (χ1) is 6.27. The molecule has 2 aliphatic heterocycles. The molecule has 2 fully saturated rings. The predicted octanol–water partition coefficient (Wildman–Crippen LogP) is 1.17. The molecule has 4 nitrogen and oxygen atoms in total. The van der Waals surface area contributed by atoms with Crippen LogP contribution in [-0.4, -0.2) is 36.2 Å². The quantitative estimate of drug-likeness (QED) is 0.747. The molecule has 4 heteroatoms. The van der Waals surface area contributed by atoms with Crippen LogP contribution in [0.4, 0.5) is 0 Å². The Hall–Kier alpha value is -0.610. The van der Waals surface area contributed by atoms with Gasteiger partial charge in [-0.05, 0) is 6.42 Å². The average Bonchev–Trinajstić information content (AvgIpc) is 2.38. The summed E-state index contributed by atoms with van der Waals surface area (Å²) in [6.45, 7) is 4.51. The Labute approximate surface area is 87.1 Å². The molecule has 0 saturated carbocycles. The molecule has 84 valence electrons. The van der Waals surface area contributed by atoms with Gasteiger partial charge in [0.05, 0.1) is 25.2 Å². The number of nitrogens with zero attached hydrogens (tertiary/aromatic N) is 1. The fourth-order valence-corrected chi connectivity index (χ4v) is 1.91. The number of carbonyl (C=O) groups excluding carboxylic acids is 1. The molecule has 0 aromatic carbocycles. The molecule has 2 saturated heterocycles. The molecule has 14 heavy (non-hydrogen) atoms. The number of nitrogens with one attached hydrogen (secondary N) is 1. The first-order valence-corrected chi connectivity index (χ1v) is 4.92. The fraction of sp³-hybridized carbons (Fsp3) is 0.900. The molecule has 0 aromatic rings. The second-order valence-electron chi connectivity index (χ2n) is 3.93. The molecule has 2 rings (SSSR count). The lowest BCUT2D eigenvalue weighted by Crippen LogP contribution is -2.61. The lowest BCUT2D eigenvalue weighted by atomic mass is 9.93. The van der Waals surface area contributed by atoms with E-state index in [-0.39, 0.29) is 20.3 Å². The number of hydrazine groups is 1. The predicted molar refractivity (Wildman–Crippen MR) is 56.8 cm³/mol. The minimum Gasteiger partial charge on any atom is -0.377 e. The molecule has 1 spiro atoms. The summed E-state index contributed by atoms with van der Waals surface area (Å²) in [6, 6.07) is 0. The van der Waals surface area contributed by atoms with Gasteiger partial charge in [-0.25, -0.2) is 5.01 Å². The molecule has 0 aliphatic carbocycles. The Balaban J connectivity index is 0.000000980. The third kappa shape index (κ3) is 1.77. The van der Waals surface area contributed by atoms with E-state index >= 15 is 0 Å². The van der Waals surface area contributed by atoms with Crippen molar-refractivity contribution < 1.29 is 11.0 Å². The fourth-order valence-electron chi connectivity index (χ4n) is 1.91. The van der Waals surface area contributed by atoms with Crippen molar-refractivity contribution in [2.45, 2.75) is 39.2 Å². The highest BCUT2D eigenvalue weighted by atomic mass is 16.5. The van der Waals surface area contributed by atoms with Crippen LogP contribution in [0.25, 0.3) is 0 Å². The minimum atomic E-state index is 0. The van der Waals surface area contributed by atoms with Crippen LogP contribution in [0.1, 0.15) is 35.0 Å². The highest BCUT2D eigenvalue weighted by Gasteiger charge is 2.50. The Morgan fingerprint density at radius 1 is 1.64 bits per heavy atom. The molecule has 0 bridgehead atoms. The van der Waals surface area contributed by atoms with Gasteiger partial charge in [-0.15, -0.1) is 0 Å². The van der Waals surface area contributed by atoms with Gasteiger partial charge in [-0.1, -0.05) is 20.8 Å². The van der Waals surface area contributed by atoms with Crippen molar-refractivity contribution in [2.24, 2.45) is 0 Å². The molecular formula is C10H22N2O2. The van der Waals surface area contributed by atoms with Crippen LogP contribution < -0.4 is 5.43 Å². The van der Waals surface area contributed by atoms with Gasteiger partial charge in [-0.3, -0.25) is 10.2 Å². The standard InChI is InChI=1S/C9H16N2O2.CH4.H2/c1-2-3-4-11-9(6-13-7-9)5-8(12)10-11;;/h2-7H2,1H3,(H,10,12);1H4;1H. The lowest BCUT2D eigenvalue weighted by molar-refractivity contribution is -0.134. The van der Waals surface area contributed by atoms with Gasteiger partial charge in [-0.2, -0.15) is 0 Å². The number of ether oxygens (including phenoxy) is 1. The van der Waals surface area contributed by atoms with Crippen LogP contribution in [0.15, 0.2) is 0 Å². The zero-order valence-electron chi connectivity index (χ0n) is 8.01. The van der Waals surface area contributed by atoms with E-state index in [4.69, 9.17) is 4.74 Å². The minimum absolute atomic E-state index is 0. The Morgan fingerprint density at radius 2 is 2.36 bits per heavy atom. The summed E-state index contributed by atoms with van der Waals surface area (Å²) in [5, 5.41) is 2.07. The van der Waals surface area contributed by atoms with Crippen LogP contribution in [0, 0.1) is 0 Å². The average molecular weight is 202 g/mol. The number of amides is 1. The smallest absolute Gasteiger partial charge is 0.236 e. The second kappa shape index (κ2) is 4.28. The van der Waals surface area contributed by atoms with Gasteiger partial charge in [0, 0.05) is 7.97 Å². The normalized spacial score (nSPS) is 24.2. The molecule has 2 aliphatic rings. The van der Waals surface area contributed by atoms with Gasteiger partial charge in [0.15, 0.2) is 0 Å². The highest BCUT2D eigenvalue weighted by molar-refractivity contribution is 5.79. The molecule has 0 radical (unpaired) electrons. The van der Waals surface area contributed by atoms with E-state index in [1.807, 2.05) is 0 Å². The summed E-state index contributed by atoms with van der Waals surface area (Å²) in [4.78, 5) is 11.2. The van der Waals surface area contributed by atoms with Crippen LogP contribution >= 0.6 is 0 Å².